The normalized spacial score (nSPS) is 18.8. The highest BCUT2D eigenvalue weighted by Gasteiger charge is 2.33. The summed E-state index contributed by atoms with van der Waals surface area (Å²) in [5.74, 6) is 0.633. The number of carbonyl (C=O) groups is 1. The van der Waals surface area contributed by atoms with Gasteiger partial charge in [0.25, 0.3) is 5.91 Å². The van der Waals surface area contributed by atoms with Gasteiger partial charge in [-0.15, -0.1) is 24.8 Å². The Morgan fingerprint density at radius 2 is 1.97 bits per heavy atom. The number of halogens is 2. The van der Waals surface area contributed by atoms with E-state index in [2.05, 4.69) is 44.0 Å². The molecule has 0 spiro atoms. The number of fused-ring (bicyclic) bond motifs is 1. The molecule has 0 radical (unpaired) electrons. The lowest BCUT2D eigenvalue weighted by Crippen LogP contribution is -2.42. The van der Waals surface area contributed by atoms with Gasteiger partial charge >= 0.3 is 0 Å². The first kappa shape index (κ1) is 24.9. The smallest absolute Gasteiger partial charge is 0.255 e. The Bertz CT molecular complexity index is 895. The number of carbonyl (C=O) groups excluding carboxylic acids is 1. The van der Waals surface area contributed by atoms with Crippen molar-refractivity contribution in [3.05, 3.63) is 23.0 Å². The summed E-state index contributed by atoms with van der Waals surface area (Å²) in [7, 11) is 0. The first-order valence-electron chi connectivity index (χ1n) is 10.7. The molecule has 4 rings (SSSR count). The SMILES string of the molecule is CCCN(C(=O)c1cc(C2CC2)nc2c1c(C)nn2C(C)(C)C)C1CCNC1.Cl.Cl. The van der Waals surface area contributed by atoms with Crippen LogP contribution in [0.25, 0.3) is 11.0 Å². The van der Waals surface area contributed by atoms with Crippen molar-refractivity contribution in [1.29, 1.82) is 0 Å². The van der Waals surface area contributed by atoms with Crippen LogP contribution in [0.5, 0.6) is 0 Å². The first-order valence-corrected chi connectivity index (χ1v) is 10.7. The minimum absolute atomic E-state index is 0. The largest absolute Gasteiger partial charge is 0.334 e. The maximum absolute atomic E-state index is 13.8. The van der Waals surface area contributed by atoms with Crippen LogP contribution in [-0.4, -0.2) is 51.2 Å². The predicted octanol–water partition coefficient (Wildman–Crippen LogP) is 4.43. The quantitative estimate of drug-likeness (QED) is 0.723. The molecule has 3 heterocycles. The van der Waals surface area contributed by atoms with Gasteiger partial charge in [-0.1, -0.05) is 6.92 Å². The summed E-state index contributed by atoms with van der Waals surface area (Å²) in [5, 5.41) is 9.13. The lowest BCUT2D eigenvalue weighted by molar-refractivity contribution is 0.0694. The van der Waals surface area contributed by atoms with Gasteiger partial charge in [0.2, 0.25) is 0 Å². The molecule has 1 aliphatic carbocycles. The average Bonchev–Trinajstić information content (AvgIpc) is 3.24. The van der Waals surface area contributed by atoms with Crippen LogP contribution >= 0.6 is 24.8 Å². The number of nitrogens with zero attached hydrogens (tertiary/aromatic N) is 4. The van der Waals surface area contributed by atoms with Crippen LogP contribution in [0.2, 0.25) is 0 Å². The summed E-state index contributed by atoms with van der Waals surface area (Å²) in [6, 6.07) is 2.34. The highest BCUT2D eigenvalue weighted by Crippen LogP contribution is 2.41. The summed E-state index contributed by atoms with van der Waals surface area (Å²) in [6.45, 7) is 13.2. The molecule has 1 aliphatic heterocycles. The van der Waals surface area contributed by atoms with E-state index >= 15 is 0 Å². The fourth-order valence-electron chi connectivity index (χ4n) is 4.28. The second-order valence-corrected chi connectivity index (χ2v) is 9.38. The Balaban J connectivity index is 0.00000160. The number of hydrogen-bond donors (Lipinski definition) is 1. The van der Waals surface area contributed by atoms with E-state index in [9.17, 15) is 4.79 Å². The van der Waals surface area contributed by atoms with Crippen molar-refractivity contribution in [2.45, 2.75) is 77.8 Å². The van der Waals surface area contributed by atoms with Gasteiger partial charge < -0.3 is 10.2 Å². The van der Waals surface area contributed by atoms with Crippen molar-refractivity contribution in [3.63, 3.8) is 0 Å². The zero-order valence-corrected chi connectivity index (χ0v) is 20.3. The molecule has 30 heavy (non-hydrogen) atoms. The maximum Gasteiger partial charge on any atom is 0.255 e. The summed E-state index contributed by atoms with van der Waals surface area (Å²) >= 11 is 0. The van der Waals surface area contributed by atoms with Crippen LogP contribution in [0.3, 0.4) is 0 Å². The number of pyridine rings is 1. The van der Waals surface area contributed by atoms with Gasteiger partial charge in [0, 0.05) is 30.7 Å². The molecule has 2 aliphatic rings. The maximum atomic E-state index is 13.8. The lowest BCUT2D eigenvalue weighted by atomic mass is 10.0. The summed E-state index contributed by atoms with van der Waals surface area (Å²) in [5.41, 5.74) is 3.42. The van der Waals surface area contributed by atoms with Gasteiger partial charge in [0.1, 0.15) is 0 Å². The molecular weight excluding hydrogens is 421 g/mol. The van der Waals surface area contributed by atoms with E-state index in [1.807, 2.05) is 11.6 Å². The Hall–Kier alpha value is -1.37. The molecule has 2 aromatic heterocycles. The van der Waals surface area contributed by atoms with Crippen LogP contribution in [0, 0.1) is 6.92 Å². The van der Waals surface area contributed by atoms with Crippen molar-refractivity contribution >= 4 is 41.8 Å². The number of aromatic nitrogens is 3. The number of rotatable bonds is 5. The Kier molecular flexibility index (Phi) is 7.81. The monoisotopic (exact) mass is 455 g/mol. The molecule has 168 valence electrons. The molecule has 1 saturated carbocycles. The molecule has 2 fully saturated rings. The number of nitrogens with one attached hydrogen (secondary N) is 1. The number of aryl methyl sites for hydroxylation is 1. The Labute approximate surface area is 192 Å². The summed E-state index contributed by atoms with van der Waals surface area (Å²) < 4.78 is 2.00. The highest BCUT2D eigenvalue weighted by atomic mass is 35.5. The fraction of sp³-hybridized carbons (Fsp3) is 0.682. The van der Waals surface area contributed by atoms with E-state index in [1.54, 1.807) is 0 Å². The third kappa shape index (κ3) is 4.61. The number of hydrogen-bond acceptors (Lipinski definition) is 4. The van der Waals surface area contributed by atoms with Gasteiger partial charge in [-0.3, -0.25) is 4.79 Å². The van der Waals surface area contributed by atoms with Crippen LogP contribution in [0.15, 0.2) is 6.07 Å². The van der Waals surface area contributed by atoms with Crippen molar-refractivity contribution in [2.75, 3.05) is 19.6 Å². The Morgan fingerprint density at radius 3 is 2.50 bits per heavy atom. The second kappa shape index (κ2) is 9.41. The lowest BCUT2D eigenvalue weighted by Gasteiger charge is -2.29. The predicted molar refractivity (Wildman–Crippen MR) is 126 cm³/mol. The van der Waals surface area contributed by atoms with Gasteiger partial charge in [-0.2, -0.15) is 5.10 Å². The van der Waals surface area contributed by atoms with E-state index in [4.69, 9.17) is 10.1 Å². The molecule has 1 amide bonds. The average molecular weight is 456 g/mol. The van der Waals surface area contributed by atoms with Crippen LogP contribution in [-0.2, 0) is 5.54 Å². The van der Waals surface area contributed by atoms with Crippen LogP contribution < -0.4 is 5.32 Å². The first-order chi connectivity index (χ1) is 13.3. The molecule has 1 N–H and O–H groups in total. The zero-order chi connectivity index (χ0) is 20.1. The molecule has 0 aromatic carbocycles. The minimum Gasteiger partial charge on any atom is -0.334 e. The van der Waals surface area contributed by atoms with Gasteiger partial charge in [0.15, 0.2) is 5.65 Å². The Morgan fingerprint density at radius 1 is 1.27 bits per heavy atom. The van der Waals surface area contributed by atoms with E-state index in [-0.39, 0.29) is 42.3 Å². The van der Waals surface area contributed by atoms with E-state index in [0.717, 1.165) is 60.5 Å². The van der Waals surface area contributed by atoms with E-state index in [1.165, 1.54) is 12.8 Å². The standard InChI is InChI=1S/C22H33N5O.2ClH/c1-6-11-26(16-9-10-23-13-16)21(28)17-12-18(15-7-8-15)24-20-19(17)14(2)25-27(20)22(3,4)5;;/h12,15-16,23H,6-11,13H2,1-5H3;2*1H. The van der Waals surface area contributed by atoms with Crippen molar-refractivity contribution < 1.29 is 4.79 Å². The summed E-state index contributed by atoms with van der Waals surface area (Å²) in [6.07, 6.45) is 4.32. The van der Waals surface area contributed by atoms with Crippen molar-refractivity contribution in [2.24, 2.45) is 0 Å². The van der Waals surface area contributed by atoms with E-state index < -0.39 is 0 Å². The molecule has 1 unspecified atom stereocenters. The van der Waals surface area contributed by atoms with Crippen LogP contribution in [0.4, 0.5) is 0 Å². The van der Waals surface area contributed by atoms with Crippen molar-refractivity contribution in [1.82, 2.24) is 25.0 Å². The minimum atomic E-state index is -0.180. The molecular formula is C22H35Cl2N5O. The van der Waals surface area contributed by atoms with Crippen molar-refractivity contribution in [3.8, 4) is 0 Å². The highest BCUT2D eigenvalue weighted by molar-refractivity contribution is 6.06. The second-order valence-electron chi connectivity index (χ2n) is 9.38. The zero-order valence-electron chi connectivity index (χ0n) is 18.7. The molecule has 0 bridgehead atoms. The molecule has 8 heteroatoms. The molecule has 1 saturated heterocycles. The third-order valence-corrected chi connectivity index (χ3v) is 5.89. The number of amides is 1. The topological polar surface area (TPSA) is 63.1 Å². The van der Waals surface area contributed by atoms with Crippen LogP contribution in [0.1, 0.15) is 81.0 Å². The van der Waals surface area contributed by atoms with E-state index in [0.29, 0.717) is 5.92 Å². The van der Waals surface area contributed by atoms with Gasteiger partial charge in [-0.25, -0.2) is 9.67 Å². The molecule has 1 atom stereocenters. The summed E-state index contributed by atoms with van der Waals surface area (Å²) in [4.78, 5) is 20.8. The van der Waals surface area contributed by atoms with Gasteiger partial charge in [-0.05, 0) is 66.0 Å². The third-order valence-electron chi connectivity index (χ3n) is 5.89. The molecule has 2 aromatic rings. The fourth-order valence-corrected chi connectivity index (χ4v) is 4.28. The molecule has 6 nitrogen and oxygen atoms in total. The van der Waals surface area contributed by atoms with Gasteiger partial charge in [0.05, 0.1) is 22.2 Å².